The summed E-state index contributed by atoms with van der Waals surface area (Å²) in [4.78, 5) is 0. The van der Waals surface area contributed by atoms with Crippen molar-refractivity contribution in [2.45, 2.75) is 26.7 Å². The van der Waals surface area contributed by atoms with E-state index in [1.165, 1.54) is 5.56 Å². The van der Waals surface area contributed by atoms with Crippen LogP contribution >= 0.6 is 0 Å². The number of benzene rings is 1. The van der Waals surface area contributed by atoms with Crippen LogP contribution in [-0.2, 0) is 11.2 Å². The monoisotopic (exact) mass is 238 g/mol. The van der Waals surface area contributed by atoms with Gasteiger partial charge in [-0.25, -0.2) is 0 Å². The van der Waals surface area contributed by atoms with Gasteiger partial charge in [0.05, 0.1) is 13.2 Å². The fraction of sp³-hybridized carbons (Fsp3) is 0.571. The maximum absolute atomic E-state index is 5.58. The molecule has 0 amide bonds. The van der Waals surface area contributed by atoms with Crippen LogP contribution in [-0.4, -0.2) is 26.9 Å². The second-order valence-electron chi connectivity index (χ2n) is 3.74. The fourth-order valence-corrected chi connectivity index (χ4v) is 1.67. The summed E-state index contributed by atoms with van der Waals surface area (Å²) in [7, 11) is 1.73. The van der Waals surface area contributed by atoms with Crippen molar-refractivity contribution in [3.63, 3.8) is 0 Å². The molecule has 0 aliphatic rings. The average Bonchev–Trinajstić information content (AvgIpc) is 2.33. The fourth-order valence-electron chi connectivity index (χ4n) is 1.67. The van der Waals surface area contributed by atoms with Gasteiger partial charge in [0.25, 0.3) is 0 Å². The van der Waals surface area contributed by atoms with Crippen LogP contribution in [0, 0.1) is 0 Å². The zero-order valence-corrected chi connectivity index (χ0v) is 11.0. The summed E-state index contributed by atoms with van der Waals surface area (Å²) in [5.74, 6) is 1.66. The van der Waals surface area contributed by atoms with E-state index >= 15 is 0 Å². The zero-order valence-electron chi connectivity index (χ0n) is 11.0. The maximum Gasteiger partial charge on any atom is 0.161 e. The number of hydrogen-bond acceptors (Lipinski definition) is 3. The molecule has 17 heavy (non-hydrogen) atoms. The number of hydrogen-bond donors (Lipinski definition) is 0. The summed E-state index contributed by atoms with van der Waals surface area (Å²) in [5.41, 5.74) is 1.26. The van der Waals surface area contributed by atoms with Gasteiger partial charge in [-0.2, -0.15) is 0 Å². The van der Waals surface area contributed by atoms with E-state index in [1.807, 2.05) is 19.9 Å². The quantitative estimate of drug-likeness (QED) is 0.651. The molecule has 1 aromatic rings. The predicted molar refractivity (Wildman–Crippen MR) is 69.0 cm³/mol. The smallest absolute Gasteiger partial charge is 0.161 e. The van der Waals surface area contributed by atoms with Crippen LogP contribution in [0.1, 0.15) is 25.8 Å². The van der Waals surface area contributed by atoms with Gasteiger partial charge in [0.1, 0.15) is 0 Å². The summed E-state index contributed by atoms with van der Waals surface area (Å²) >= 11 is 0. The molecule has 0 radical (unpaired) electrons. The first kappa shape index (κ1) is 13.8. The highest BCUT2D eigenvalue weighted by Crippen LogP contribution is 2.28. The predicted octanol–water partition coefficient (Wildman–Crippen LogP) is 3.06. The highest BCUT2D eigenvalue weighted by molar-refractivity contribution is 5.43. The summed E-state index contributed by atoms with van der Waals surface area (Å²) < 4.78 is 16.1. The number of methoxy groups -OCH3 is 1. The van der Waals surface area contributed by atoms with E-state index in [-0.39, 0.29) is 0 Å². The minimum atomic E-state index is 0.654. The van der Waals surface area contributed by atoms with Gasteiger partial charge < -0.3 is 14.2 Å². The Bertz CT molecular complexity index is 323. The molecule has 0 spiro atoms. The average molecular weight is 238 g/mol. The van der Waals surface area contributed by atoms with Gasteiger partial charge in [0.15, 0.2) is 11.5 Å². The van der Waals surface area contributed by atoms with Crippen LogP contribution in [0.25, 0.3) is 0 Å². The molecule has 0 fully saturated rings. The summed E-state index contributed by atoms with van der Waals surface area (Å²) in [6.07, 6.45) is 2.02. The number of ether oxygens (including phenoxy) is 3. The lowest BCUT2D eigenvalue weighted by Gasteiger charge is -2.12. The van der Waals surface area contributed by atoms with Crippen molar-refractivity contribution in [1.29, 1.82) is 0 Å². The molecule has 3 heteroatoms. The first-order valence-electron chi connectivity index (χ1n) is 6.19. The van der Waals surface area contributed by atoms with Crippen LogP contribution in [0.4, 0.5) is 0 Å². The second-order valence-corrected chi connectivity index (χ2v) is 3.74. The molecule has 0 aliphatic heterocycles. The lowest BCUT2D eigenvalue weighted by molar-refractivity contribution is 0.195. The van der Waals surface area contributed by atoms with E-state index < -0.39 is 0 Å². The molecule has 0 unspecified atom stereocenters. The molecule has 0 N–H and O–H groups in total. The summed E-state index contributed by atoms with van der Waals surface area (Å²) in [6, 6.07) is 6.13. The lowest BCUT2D eigenvalue weighted by atomic mass is 10.1. The SMILES string of the molecule is CCOc1ccc(CCCOC)cc1OCC. The van der Waals surface area contributed by atoms with Gasteiger partial charge in [-0.15, -0.1) is 0 Å². The zero-order chi connectivity index (χ0) is 12.5. The number of rotatable bonds is 8. The Morgan fingerprint density at radius 1 is 1.00 bits per heavy atom. The Morgan fingerprint density at radius 3 is 2.35 bits per heavy atom. The van der Waals surface area contributed by atoms with Crippen molar-refractivity contribution < 1.29 is 14.2 Å². The topological polar surface area (TPSA) is 27.7 Å². The van der Waals surface area contributed by atoms with Crippen molar-refractivity contribution >= 4 is 0 Å². The Morgan fingerprint density at radius 2 is 1.71 bits per heavy atom. The van der Waals surface area contributed by atoms with Gasteiger partial charge in [0, 0.05) is 13.7 Å². The molecular weight excluding hydrogens is 216 g/mol. The first-order valence-corrected chi connectivity index (χ1v) is 6.19. The van der Waals surface area contributed by atoms with E-state index in [0.29, 0.717) is 13.2 Å². The molecule has 3 nitrogen and oxygen atoms in total. The van der Waals surface area contributed by atoms with Crippen molar-refractivity contribution in [2.24, 2.45) is 0 Å². The van der Waals surface area contributed by atoms with Gasteiger partial charge in [0.2, 0.25) is 0 Å². The highest BCUT2D eigenvalue weighted by Gasteiger charge is 2.05. The van der Waals surface area contributed by atoms with Crippen LogP contribution < -0.4 is 9.47 Å². The third-order valence-electron chi connectivity index (χ3n) is 2.42. The molecule has 0 aromatic heterocycles. The molecule has 0 saturated heterocycles. The minimum absolute atomic E-state index is 0.654. The second kappa shape index (κ2) is 7.96. The molecule has 0 atom stereocenters. The molecule has 0 bridgehead atoms. The Kier molecular flexibility index (Phi) is 6.48. The van der Waals surface area contributed by atoms with E-state index in [9.17, 15) is 0 Å². The van der Waals surface area contributed by atoms with Crippen molar-refractivity contribution in [3.05, 3.63) is 23.8 Å². The molecule has 0 saturated carbocycles. The van der Waals surface area contributed by atoms with Crippen LogP contribution in [0.5, 0.6) is 11.5 Å². The number of aryl methyl sites for hydroxylation is 1. The van der Waals surface area contributed by atoms with Crippen molar-refractivity contribution in [2.75, 3.05) is 26.9 Å². The third-order valence-corrected chi connectivity index (χ3v) is 2.42. The molecule has 0 heterocycles. The molecule has 1 rings (SSSR count). The lowest BCUT2D eigenvalue weighted by Crippen LogP contribution is -2.00. The van der Waals surface area contributed by atoms with E-state index in [1.54, 1.807) is 7.11 Å². The molecule has 1 aromatic carbocycles. The first-order chi connectivity index (χ1) is 8.31. The maximum atomic E-state index is 5.58. The highest BCUT2D eigenvalue weighted by atomic mass is 16.5. The standard InChI is InChI=1S/C14H22O3/c1-4-16-13-9-8-12(7-6-10-15-3)11-14(13)17-5-2/h8-9,11H,4-7,10H2,1-3H3. The molecule has 96 valence electrons. The van der Waals surface area contributed by atoms with Gasteiger partial charge in [-0.1, -0.05) is 6.07 Å². The Hall–Kier alpha value is -1.22. The van der Waals surface area contributed by atoms with E-state index in [2.05, 4.69) is 12.1 Å². The molecular formula is C14H22O3. The summed E-state index contributed by atoms with van der Waals surface area (Å²) in [5, 5.41) is 0. The minimum Gasteiger partial charge on any atom is -0.490 e. The third kappa shape index (κ3) is 4.65. The van der Waals surface area contributed by atoms with Gasteiger partial charge in [-0.3, -0.25) is 0 Å². The van der Waals surface area contributed by atoms with Gasteiger partial charge in [-0.05, 0) is 44.4 Å². The van der Waals surface area contributed by atoms with Crippen LogP contribution in [0.15, 0.2) is 18.2 Å². The van der Waals surface area contributed by atoms with Gasteiger partial charge >= 0.3 is 0 Å². The summed E-state index contributed by atoms with van der Waals surface area (Å²) in [6.45, 7) is 6.05. The Balaban J connectivity index is 2.70. The largest absolute Gasteiger partial charge is 0.490 e. The van der Waals surface area contributed by atoms with Crippen LogP contribution in [0.3, 0.4) is 0 Å². The van der Waals surface area contributed by atoms with Crippen molar-refractivity contribution in [3.8, 4) is 11.5 Å². The normalized spacial score (nSPS) is 10.3. The van der Waals surface area contributed by atoms with E-state index in [4.69, 9.17) is 14.2 Å². The molecule has 0 aliphatic carbocycles. The van der Waals surface area contributed by atoms with Crippen molar-refractivity contribution in [1.82, 2.24) is 0 Å². The van der Waals surface area contributed by atoms with Crippen LogP contribution in [0.2, 0.25) is 0 Å². The Labute approximate surface area is 104 Å². The van der Waals surface area contributed by atoms with E-state index in [0.717, 1.165) is 30.9 Å².